The summed E-state index contributed by atoms with van der Waals surface area (Å²) in [6, 6.07) is -0.391. The van der Waals surface area contributed by atoms with Crippen LogP contribution in [0.4, 0.5) is 0 Å². The fourth-order valence-corrected chi connectivity index (χ4v) is 6.82. The molecule has 1 N–H and O–H groups in total. The fourth-order valence-electron chi connectivity index (χ4n) is 6.82. The van der Waals surface area contributed by atoms with Crippen molar-refractivity contribution >= 4 is 18.9 Å². The Morgan fingerprint density at radius 2 is 1.89 bits per heavy atom. The quantitative estimate of drug-likeness (QED) is 0.231. The summed E-state index contributed by atoms with van der Waals surface area (Å²) in [5.74, 6) is 1.06. The normalized spacial score (nSPS) is 31.4. The van der Waals surface area contributed by atoms with Crippen LogP contribution in [0.1, 0.15) is 90.9 Å². The second kappa shape index (κ2) is 11.6. The number of rotatable bonds is 13. The van der Waals surface area contributed by atoms with Gasteiger partial charge in [-0.1, -0.05) is 45.3 Å². The number of carbonyl (C=O) groups excluding carboxylic acids is 2. The molecular weight excluding hydrogens is 439 g/mol. The number of hydrogen-bond acceptors (Lipinski definition) is 4. The number of carbonyl (C=O) groups is 2. The molecule has 35 heavy (non-hydrogen) atoms. The summed E-state index contributed by atoms with van der Waals surface area (Å²) in [5.41, 5.74) is 0.319. The molecular formula is C28H45BN2O4. The molecule has 0 radical (unpaired) electrons. The second-order valence-corrected chi connectivity index (χ2v) is 11.7. The number of likely N-dealkylation sites (tertiary alicyclic amines) is 1. The van der Waals surface area contributed by atoms with Crippen molar-refractivity contribution in [1.82, 2.24) is 10.2 Å². The Morgan fingerprint density at radius 3 is 2.63 bits per heavy atom. The topological polar surface area (TPSA) is 67.9 Å². The highest BCUT2D eigenvalue weighted by molar-refractivity contribution is 6.47. The van der Waals surface area contributed by atoms with E-state index in [1.807, 2.05) is 6.08 Å². The molecule has 5 aliphatic rings. The molecule has 2 saturated heterocycles. The van der Waals surface area contributed by atoms with Gasteiger partial charge in [-0.25, -0.2) is 0 Å². The lowest BCUT2D eigenvalue weighted by atomic mass is 9.47. The second-order valence-electron chi connectivity index (χ2n) is 11.7. The van der Waals surface area contributed by atoms with Crippen LogP contribution in [0.5, 0.6) is 0 Å². The molecule has 0 aromatic heterocycles. The lowest BCUT2D eigenvalue weighted by Gasteiger charge is -2.60. The van der Waals surface area contributed by atoms with E-state index in [0.29, 0.717) is 36.6 Å². The summed E-state index contributed by atoms with van der Waals surface area (Å²) in [6.07, 6.45) is 15.3. The Balaban J connectivity index is 1.38. The fraction of sp³-hybridized carbons (Fsp3) is 0.786. The summed E-state index contributed by atoms with van der Waals surface area (Å²) >= 11 is 0. The van der Waals surface area contributed by atoms with Gasteiger partial charge in [-0.3, -0.25) is 9.59 Å². The third-order valence-electron chi connectivity index (χ3n) is 9.19. The van der Waals surface area contributed by atoms with Crippen LogP contribution < -0.4 is 5.32 Å². The zero-order valence-electron chi connectivity index (χ0n) is 21.9. The number of nitrogens with one attached hydrogen (secondary N) is 1. The molecule has 0 spiro atoms. The average molecular weight is 484 g/mol. The summed E-state index contributed by atoms with van der Waals surface area (Å²) in [6.45, 7) is 12.9. The van der Waals surface area contributed by atoms with Gasteiger partial charge in [-0.2, -0.15) is 0 Å². The number of amides is 2. The lowest BCUT2D eigenvalue weighted by Crippen LogP contribution is -2.59. The van der Waals surface area contributed by atoms with Crippen LogP contribution in [-0.2, 0) is 18.9 Å². The molecule has 194 valence electrons. The first-order valence-electron chi connectivity index (χ1n) is 14.0. The van der Waals surface area contributed by atoms with Crippen LogP contribution in [0.3, 0.4) is 0 Å². The maximum atomic E-state index is 13.4. The average Bonchev–Trinajstić information content (AvgIpc) is 3.51. The third-order valence-corrected chi connectivity index (χ3v) is 9.19. The predicted molar refractivity (Wildman–Crippen MR) is 139 cm³/mol. The van der Waals surface area contributed by atoms with Crippen LogP contribution >= 0.6 is 0 Å². The molecule has 0 aromatic carbocycles. The Kier molecular flexibility index (Phi) is 8.80. The van der Waals surface area contributed by atoms with Crippen LogP contribution in [0.15, 0.2) is 25.3 Å². The van der Waals surface area contributed by atoms with Crippen LogP contribution in [0, 0.1) is 17.3 Å². The molecule has 2 aliphatic heterocycles. The zero-order chi connectivity index (χ0) is 25.0. The molecule has 6 unspecified atom stereocenters. The van der Waals surface area contributed by atoms with Gasteiger partial charge in [-0.05, 0) is 68.6 Å². The lowest BCUT2D eigenvalue weighted by molar-refractivity contribution is -0.150. The van der Waals surface area contributed by atoms with Crippen molar-refractivity contribution in [1.29, 1.82) is 0 Å². The van der Waals surface area contributed by atoms with Gasteiger partial charge in [0, 0.05) is 13.0 Å². The van der Waals surface area contributed by atoms with Crippen LogP contribution in [0.2, 0.25) is 0 Å². The maximum Gasteiger partial charge on any atom is 0.481 e. The first kappa shape index (κ1) is 26.5. The molecule has 5 fully saturated rings. The third kappa shape index (κ3) is 5.71. The molecule has 3 aliphatic carbocycles. The molecule has 7 heteroatoms. The minimum atomic E-state index is -0.399. The van der Waals surface area contributed by atoms with Gasteiger partial charge in [0.05, 0.1) is 18.1 Å². The van der Waals surface area contributed by atoms with E-state index < -0.39 is 13.2 Å². The van der Waals surface area contributed by atoms with Gasteiger partial charge in [0.25, 0.3) is 0 Å². The standard InChI is InChI=1S/C28H45BN2O4/c1-5-7-9-10-11-12-15-24(29-34-23-19-20-18-21(26(23)35-29)28(20,3)4)30-27(33)22-14-13-17-31(22)25(32)16-8-6-2/h5-6,20-24,26H,1-2,7-19H2,3-4H3,(H,30,33). The Morgan fingerprint density at radius 1 is 1.11 bits per heavy atom. The van der Waals surface area contributed by atoms with E-state index in [4.69, 9.17) is 9.31 Å². The van der Waals surface area contributed by atoms with Gasteiger partial charge in [0.2, 0.25) is 11.8 Å². The minimum Gasteiger partial charge on any atom is -0.404 e. The minimum absolute atomic E-state index is 0.0442. The molecule has 2 amide bonds. The number of hydrogen-bond donors (Lipinski definition) is 1. The summed E-state index contributed by atoms with van der Waals surface area (Å²) < 4.78 is 13.0. The number of allylic oxidation sites excluding steroid dienone is 2. The van der Waals surface area contributed by atoms with E-state index in [1.165, 1.54) is 6.42 Å². The molecule has 2 bridgehead atoms. The molecule has 6 atom stereocenters. The van der Waals surface area contributed by atoms with Gasteiger partial charge in [0.15, 0.2) is 0 Å². The highest BCUT2D eigenvalue weighted by Crippen LogP contribution is 2.61. The van der Waals surface area contributed by atoms with E-state index in [1.54, 1.807) is 11.0 Å². The Labute approximate surface area is 212 Å². The van der Waals surface area contributed by atoms with Crippen molar-refractivity contribution in [2.24, 2.45) is 17.3 Å². The molecule has 5 rings (SSSR count). The SMILES string of the molecule is C=CCCCCCCC(NC(=O)C1CCCN1C(=O)CCC=C)B1OC2CC3CC(C2O1)C3(C)C. The van der Waals surface area contributed by atoms with Crippen molar-refractivity contribution in [3.63, 3.8) is 0 Å². The van der Waals surface area contributed by atoms with Crippen molar-refractivity contribution < 1.29 is 18.9 Å². The highest BCUT2D eigenvalue weighted by atomic mass is 16.7. The van der Waals surface area contributed by atoms with Crippen molar-refractivity contribution in [3.8, 4) is 0 Å². The summed E-state index contributed by atoms with van der Waals surface area (Å²) in [5, 5.41) is 3.28. The van der Waals surface area contributed by atoms with Gasteiger partial charge in [-0.15, -0.1) is 13.2 Å². The summed E-state index contributed by atoms with van der Waals surface area (Å²) in [7, 11) is -0.399. The zero-order valence-corrected chi connectivity index (χ0v) is 21.9. The highest BCUT2D eigenvalue weighted by Gasteiger charge is 2.62. The molecule has 0 aromatic rings. The van der Waals surface area contributed by atoms with Gasteiger partial charge >= 0.3 is 7.12 Å². The first-order valence-corrected chi connectivity index (χ1v) is 14.0. The van der Waals surface area contributed by atoms with Crippen LogP contribution in [-0.4, -0.2) is 54.6 Å². The maximum absolute atomic E-state index is 13.4. The number of unbranched alkanes of at least 4 members (excludes halogenated alkanes) is 4. The molecule has 3 saturated carbocycles. The Bertz CT molecular complexity index is 787. The van der Waals surface area contributed by atoms with Crippen molar-refractivity contribution in [2.75, 3.05) is 6.54 Å². The van der Waals surface area contributed by atoms with Crippen LogP contribution in [0.25, 0.3) is 0 Å². The smallest absolute Gasteiger partial charge is 0.404 e. The van der Waals surface area contributed by atoms with E-state index in [0.717, 1.165) is 57.8 Å². The van der Waals surface area contributed by atoms with Crippen molar-refractivity contribution in [3.05, 3.63) is 25.3 Å². The largest absolute Gasteiger partial charge is 0.481 e. The predicted octanol–water partition coefficient (Wildman–Crippen LogP) is 4.83. The van der Waals surface area contributed by atoms with Crippen molar-refractivity contribution in [2.45, 2.75) is 115 Å². The van der Waals surface area contributed by atoms with E-state index in [9.17, 15) is 9.59 Å². The molecule has 2 heterocycles. The monoisotopic (exact) mass is 484 g/mol. The van der Waals surface area contributed by atoms with E-state index in [2.05, 4.69) is 32.3 Å². The van der Waals surface area contributed by atoms with Gasteiger partial charge < -0.3 is 19.5 Å². The van der Waals surface area contributed by atoms with E-state index >= 15 is 0 Å². The Hall–Kier alpha value is -1.60. The summed E-state index contributed by atoms with van der Waals surface area (Å²) in [4.78, 5) is 27.9. The first-order chi connectivity index (χ1) is 16.9. The number of nitrogens with zero attached hydrogens (tertiary/aromatic N) is 1. The molecule has 6 nitrogen and oxygen atoms in total. The van der Waals surface area contributed by atoms with Gasteiger partial charge in [0.1, 0.15) is 6.04 Å². The van der Waals surface area contributed by atoms with E-state index in [-0.39, 0.29) is 30.0 Å².